The molecule has 6 nitrogen and oxygen atoms in total. The number of aryl methyl sites for hydroxylation is 1. The Bertz CT molecular complexity index is 520. The first kappa shape index (κ1) is 12.4. The number of fused-ring (bicyclic) bond motifs is 1. The van der Waals surface area contributed by atoms with E-state index in [0.717, 1.165) is 18.7 Å². The lowest BCUT2D eigenvalue weighted by molar-refractivity contribution is -0.385. The number of anilines is 1. The van der Waals surface area contributed by atoms with Crippen molar-refractivity contribution in [2.75, 3.05) is 11.9 Å². The van der Waals surface area contributed by atoms with E-state index in [-0.39, 0.29) is 28.8 Å². The molecule has 1 aromatic carbocycles. The van der Waals surface area contributed by atoms with Crippen molar-refractivity contribution in [1.29, 1.82) is 0 Å². The first-order valence-electron chi connectivity index (χ1n) is 6.46. The number of benzene rings is 1. The van der Waals surface area contributed by atoms with Crippen LogP contribution in [0.3, 0.4) is 0 Å². The highest BCUT2D eigenvalue weighted by Crippen LogP contribution is 2.39. The van der Waals surface area contributed by atoms with Crippen LogP contribution in [0, 0.1) is 23.0 Å². The zero-order chi connectivity index (χ0) is 13.6. The average molecular weight is 263 g/mol. The number of nitrogens with two attached hydrogens (primary N) is 1. The highest BCUT2D eigenvalue weighted by Gasteiger charge is 2.52. The van der Waals surface area contributed by atoms with Crippen LogP contribution in [0.25, 0.3) is 0 Å². The van der Waals surface area contributed by atoms with Crippen LogP contribution in [0.2, 0.25) is 0 Å². The SMILES string of the molecule is Cc1ccc(NC2C(N)C3CCOC32)cc1[N+](=O)[O-]. The van der Waals surface area contributed by atoms with E-state index in [9.17, 15) is 10.1 Å². The molecule has 3 N–H and O–H groups in total. The maximum Gasteiger partial charge on any atom is 0.274 e. The van der Waals surface area contributed by atoms with Crippen molar-refractivity contribution in [2.24, 2.45) is 11.7 Å². The van der Waals surface area contributed by atoms with E-state index in [4.69, 9.17) is 10.5 Å². The maximum absolute atomic E-state index is 10.9. The molecule has 1 saturated carbocycles. The summed E-state index contributed by atoms with van der Waals surface area (Å²) >= 11 is 0. The largest absolute Gasteiger partial charge is 0.378 e. The molecule has 3 rings (SSSR count). The zero-order valence-corrected chi connectivity index (χ0v) is 10.7. The fourth-order valence-corrected chi connectivity index (χ4v) is 3.02. The fourth-order valence-electron chi connectivity index (χ4n) is 3.02. The molecule has 0 bridgehead atoms. The smallest absolute Gasteiger partial charge is 0.274 e. The van der Waals surface area contributed by atoms with Gasteiger partial charge in [-0.2, -0.15) is 0 Å². The fraction of sp³-hybridized carbons (Fsp3) is 0.538. The number of hydrogen-bond donors (Lipinski definition) is 2. The van der Waals surface area contributed by atoms with E-state index in [2.05, 4.69) is 5.32 Å². The lowest BCUT2D eigenvalue weighted by Gasteiger charge is -2.46. The average Bonchev–Trinajstić information content (AvgIpc) is 2.82. The van der Waals surface area contributed by atoms with Crippen LogP contribution in [-0.2, 0) is 4.74 Å². The Morgan fingerprint density at radius 2 is 2.32 bits per heavy atom. The summed E-state index contributed by atoms with van der Waals surface area (Å²) < 4.78 is 5.63. The molecule has 0 amide bonds. The van der Waals surface area contributed by atoms with E-state index in [0.29, 0.717) is 11.5 Å². The van der Waals surface area contributed by atoms with Crippen molar-refractivity contribution in [1.82, 2.24) is 0 Å². The highest BCUT2D eigenvalue weighted by molar-refractivity contribution is 5.56. The molecule has 102 valence electrons. The summed E-state index contributed by atoms with van der Waals surface area (Å²) in [5.74, 6) is 0.429. The Morgan fingerprint density at radius 1 is 1.53 bits per heavy atom. The number of ether oxygens (including phenoxy) is 1. The van der Waals surface area contributed by atoms with Gasteiger partial charge >= 0.3 is 0 Å². The number of nitro groups is 1. The molecule has 1 aliphatic heterocycles. The van der Waals surface area contributed by atoms with Crippen molar-refractivity contribution in [3.05, 3.63) is 33.9 Å². The first-order valence-corrected chi connectivity index (χ1v) is 6.46. The van der Waals surface area contributed by atoms with Gasteiger partial charge in [-0.3, -0.25) is 10.1 Å². The van der Waals surface area contributed by atoms with E-state index in [1.54, 1.807) is 19.1 Å². The second kappa shape index (κ2) is 4.47. The predicted octanol–water partition coefficient (Wildman–Crippen LogP) is 1.43. The second-order valence-corrected chi connectivity index (χ2v) is 5.29. The highest BCUT2D eigenvalue weighted by atomic mass is 16.6. The minimum Gasteiger partial charge on any atom is -0.378 e. The van der Waals surface area contributed by atoms with Crippen LogP contribution >= 0.6 is 0 Å². The van der Waals surface area contributed by atoms with Crippen LogP contribution in [0.4, 0.5) is 11.4 Å². The Labute approximate surface area is 111 Å². The Hall–Kier alpha value is -1.66. The minimum absolute atomic E-state index is 0.0508. The van der Waals surface area contributed by atoms with Gasteiger partial charge in [0.25, 0.3) is 5.69 Å². The first-order chi connectivity index (χ1) is 9.08. The van der Waals surface area contributed by atoms with Gasteiger partial charge in [-0.1, -0.05) is 6.07 Å². The molecule has 19 heavy (non-hydrogen) atoms. The number of nitro benzene ring substituents is 1. The van der Waals surface area contributed by atoms with Crippen LogP contribution in [0.5, 0.6) is 0 Å². The van der Waals surface area contributed by atoms with Crippen molar-refractivity contribution < 1.29 is 9.66 Å². The lowest BCUT2D eigenvalue weighted by Crippen LogP contribution is -2.65. The third-order valence-electron chi connectivity index (χ3n) is 4.19. The van der Waals surface area contributed by atoms with E-state index in [1.807, 2.05) is 6.07 Å². The van der Waals surface area contributed by atoms with Gasteiger partial charge in [-0.25, -0.2) is 0 Å². The van der Waals surface area contributed by atoms with Gasteiger partial charge in [0.05, 0.1) is 17.1 Å². The summed E-state index contributed by atoms with van der Waals surface area (Å²) in [4.78, 5) is 10.6. The molecule has 1 aromatic rings. The molecule has 0 spiro atoms. The molecule has 1 aliphatic carbocycles. The summed E-state index contributed by atoms with van der Waals surface area (Å²) in [6, 6.07) is 5.27. The van der Waals surface area contributed by atoms with Crippen molar-refractivity contribution >= 4 is 11.4 Å². The van der Waals surface area contributed by atoms with Crippen LogP contribution in [0.1, 0.15) is 12.0 Å². The molecule has 2 aliphatic rings. The van der Waals surface area contributed by atoms with Gasteiger partial charge in [0.1, 0.15) is 0 Å². The summed E-state index contributed by atoms with van der Waals surface area (Å²) in [5, 5.41) is 14.2. The minimum atomic E-state index is -0.365. The Balaban J connectivity index is 1.77. The summed E-state index contributed by atoms with van der Waals surface area (Å²) in [6.07, 6.45) is 1.16. The van der Waals surface area contributed by atoms with Crippen molar-refractivity contribution in [3.63, 3.8) is 0 Å². The van der Waals surface area contributed by atoms with E-state index >= 15 is 0 Å². The normalized spacial score (nSPS) is 32.5. The second-order valence-electron chi connectivity index (χ2n) is 5.29. The van der Waals surface area contributed by atoms with Gasteiger partial charge in [0, 0.05) is 35.9 Å². The summed E-state index contributed by atoms with van der Waals surface area (Å²) in [7, 11) is 0. The zero-order valence-electron chi connectivity index (χ0n) is 10.7. The van der Waals surface area contributed by atoms with Gasteiger partial charge in [0.15, 0.2) is 0 Å². The molecule has 0 aromatic heterocycles. The van der Waals surface area contributed by atoms with Gasteiger partial charge in [-0.15, -0.1) is 0 Å². The standard InChI is InChI=1S/C13H17N3O3/c1-7-2-3-8(6-10(7)16(17)18)15-12-11(14)9-4-5-19-13(9)12/h2-3,6,9,11-13,15H,4-5,14H2,1H3. The van der Waals surface area contributed by atoms with E-state index in [1.165, 1.54) is 0 Å². The number of nitrogens with zero attached hydrogens (tertiary/aromatic N) is 1. The molecule has 4 atom stereocenters. The lowest BCUT2D eigenvalue weighted by atomic mass is 9.72. The van der Waals surface area contributed by atoms with E-state index < -0.39 is 0 Å². The number of rotatable bonds is 3. The molecule has 6 heteroatoms. The maximum atomic E-state index is 10.9. The van der Waals surface area contributed by atoms with Crippen molar-refractivity contribution in [2.45, 2.75) is 31.5 Å². The Kier molecular flexibility index (Phi) is 2.91. The topological polar surface area (TPSA) is 90.4 Å². The van der Waals surface area contributed by atoms with Crippen molar-refractivity contribution in [3.8, 4) is 0 Å². The van der Waals surface area contributed by atoms with Gasteiger partial charge in [0.2, 0.25) is 0 Å². The molecule has 0 radical (unpaired) electrons. The molecule has 2 fully saturated rings. The number of nitrogens with one attached hydrogen (secondary N) is 1. The van der Waals surface area contributed by atoms with Crippen LogP contribution in [0.15, 0.2) is 18.2 Å². The molecule has 4 unspecified atom stereocenters. The molecular formula is C13H17N3O3. The molecule has 1 heterocycles. The van der Waals surface area contributed by atoms with Crippen LogP contribution < -0.4 is 11.1 Å². The van der Waals surface area contributed by atoms with Gasteiger partial charge < -0.3 is 15.8 Å². The van der Waals surface area contributed by atoms with Gasteiger partial charge in [-0.05, 0) is 19.4 Å². The Morgan fingerprint density at radius 3 is 3.05 bits per heavy atom. The predicted molar refractivity (Wildman–Crippen MR) is 71.1 cm³/mol. The third-order valence-corrected chi connectivity index (χ3v) is 4.19. The quantitative estimate of drug-likeness (QED) is 0.636. The monoisotopic (exact) mass is 263 g/mol. The summed E-state index contributed by atoms with van der Waals surface area (Å²) in [6.45, 7) is 2.49. The van der Waals surface area contributed by atoms with Crippen LogP contribution in [-0.4, -0.2) is 29.7 Å². The molecule has 1 saturated heterocycles. The third kappa shape index (κ3) is 1.97. The molecular weight excluding hydrogens is 246 g/mol. The summed E-state index contributed by atoms with van der Waals surface area (Å²) in [5.41, 5.74) is 7.62. The number of hydrogen-bond acceptors (Lipinski definition) is 5.